The van der Waals surface area contributed by atoms with E-state index in [1.807, 2.05) is 0 Å². The number of nitrogens with zero attached hydrogens (tertiary/aromatic N) is 1. The van der Waals surface area contributed by atoms with Gasteiger partial charge < -0.3 is 14.6 Å². The molecule has 0 bridgehead atoms. The van der Waals surface area contributed by atoms with Crippen molar-refractivity contribution in [3.63, 3.8) is 0 Å². The molecule has 4 nitrogen and oxygen atoms in total. The number of piperidine rings is 1. The average Bonchev–Trinajstić information content (AvgIpc) is 2.59. The fourth-order valence-corrected chi connectivity index (χ4v) is 1.37. The summed E-state index contributed by atoms with van der Waals surface area (Å²) in [4.78, 5) is 0. The molecule has 66 valence electrons. The molecule has 12 heavy (non-hydrogen) atoms. The van der Waals surface area contributed by atoms with Gasteiger partial charge in [0, 0.05) is 6.54 Å². The minimum absolute atomic E-state index is 0.276. The normalized spacial score (nSPS) is 23.8. The van der Waals surface area contributed by atoms with E-state index >= 15 is 0 Å². The Morgan fingerprint density at radius 3 is 3.33 bits per heavy atom. The number of aromatic nitrogens is 1. The van der Waals surface area contributed by atoms with Crippen LogP contribution in [0.2, 0.25) is 0 Å². The van der Waals surface area contributed by atoms with E-state index in [1.54, 1.807) is 6.20 Å². The maximum atomic E-state index is 5.58. The Bertz CT molecular complexity index is 217. The van der Waals surface area contributed by atoms with Gasteiger partial charge in [-0.3, -0.25) is 0 Å². The van der Waals surface area contributed by atoms with Crippen LogP contribution in [0, 0.1) is 0 Å². The fourth-order valence-electron chi connectivity index (χ4n) is 1.37. The zero-order valence-electron chi connectivity index (χ0n) is 6.82. The molecule has 1 unspecified atom stereocenters. The van der Waals surface area contributed by atoms with E-state index in [1.165, 1.54) is 12.7 Å². The van der Waals surface area contributed by atoms with E-state index in [-0.39, 0.29) is 6.10 Å². The zero-order valence-corrected chi connectivity index (χ0v) is 6.82. The largest absolute Gasteiger partial charge is 0.484 e. The molecule has 1 fully saturated rings. The second-order valence-electron chi connectivity index (χ2n) is 2.95. The van der Waals surface area contributed by atoms with Crippen LogP contribution in [-0.2, 0) is 0 Å². The van der Waals surface area contributed by atoms with Crippen molar-refractivity contribution >= 4 is 0 Å². The van der Waals surface area contributed by atoms with E-state index < -0.39 is 0 Å². The third kappa shape index (κ3) is 1.76. The van der Waals surface area contributed by atoms with Crippen LogP contribution in [0.5, 0.6) is 5.75 Å². The monoisotopic (exact) mass is 168 g/mol. The lowest BCUT2D eigenvalue weighted by Gasteiger charge is -2.22. The van der Waals surface area contributed by atoms with Crippen LogP contribution in [0.3, 0.4) is 0 Å². The first-order chi connectivity index (χ1) is 5.95. The first-order valence-electron chi connectivity index (χ1n) is 4.22. The number of hydrogen-bond acceptors (Lipinski definition) is 4. The van der Waals surface area contributed by atoms with Gasteiger partial charge in [0.1, 0.15) is 12.3 Å². The third-order valence-electron chi connectivity index (χ3n) is 1.96. The molecule has 1 N–H and O–H groups in total. The molecule has 2 heterocycles. The van der Waals surface area contributed by atoms with Crippen LogP contribution in [0.4, 0.5) is 0 Å². The molecule has 1 atom stereocenters. The van der Waals surface area contributed by atoms with Gasteiger partial charge in [0.25, 0.3) is 0 Å². The van der Waals surface area contributed by atoms with Gasteiger partial charge in [-0.05, 0) is 19.4 Å². The Morgan fingerprint density at radius 2 is 2.67 bits per heavy atom. The topological polar surface area (TPSA) is 47.3 Å². The van der Waals surface area contributed by atoms with Gasteiger partial charge in [0.2, 0.25) is 0 Å². The second-order valence-corrected chi connectivity index (χ2v) is 2.95. The lowest BCUT2D eigenvalue weighted by atomic mass is 10.1. The van der Waals surface area contributed by atoms with E-state index in [4.69, 9.17) is 4.74 Å². The van der Waals surface area contributed by atoms with Crippen LogP contribution in [0.15, 0.2) is 17.0 Å². The van der Waals surface area contributed by atoms with Crippen molar-refractivity contribution in [1.29, 1.82) is 0 Å². The summed E-state index contributed by atoms with van der Waals surface area (Å²) in [5.74, 6) is 0.726. The summed E-state index contributed by atoms with van der Waals surface area (Å²) in [6, 6.07) is 0. The summed E-state index contributed by atoms with van der Waals surface area (Å²) >= 11 is 0. The molecule has 0 aliphatic carbocycles. The zero-order chi connectivity index (χ0) is 8.23. The predicted octanol–water partition coefficient (Wildman–Crippen LogP) is 0.805. The highest BCUT2D eigenvalue weighted by Crippen LogP contribution is 2.13. The molecule has 1 saturated heterocycles. The average molecular weight is 168 g/mol. The summed E-state index contributed by atoms with van der Waals surface area (Å²) in [6.07, 6.45) is 5.68. The van der Waals surface area contributed by atoms with Crippen molar-refractivity contribution in [2.45, 2.75) is 18.9 Å². The quantitative estimate of drug-likeness (QED) is 0.709. The molecule has 1 aromatic heterocycles. The van der Waals surface area contributed by atoms with Gasteiger partial charge in [-0.1, -0.05) is 5.16 Å². The molecule has 0 saturated carbocycles. The van der Waals surface area contributed by atoms with Crippen molar-refractivity contribution in [2.75, 3.05) is 13.1 Å². The van der Waals surface area contributed by atoms with Crippen molar-refractivity contribution in [1.82, 2.24) is 10.5 Å². The lowest BCUT2D eigenvalue weighted by Crippen LogP contribution is -2.37. The minimum Gasteiger partial charge on any atom is -0.484 e. The van der Waals surface area contributed by atoms with Gasteiger partial charge in [-0.15, -0.1) is 0 Å². The molecule has 0 spiro atoms. The predicted molar refractivity (Wildman–Crippen MR) is 43.0 cm³/mol. The van der Waals surface area contributed by atoms with Crippen molar-refractivity contribution in [3.8, 4) is 5.75 Å². The lowest BCUT2D eigenvalue weighted by molar-refractivity contribution is 0.166. The molecule has 0 amide bonds. The Hall–Kier alpha value is -1.03. The fraction of sp³-hybridized carbons (Fsp3) is 0.625. The number of rotatable bonds is 2. The van der Waals surface area contributed by atoms with E-state index in [0.717, 1.165) is 25.3 Å². The highest BCUT2D eigenvalue weighted by Gasteiger charge is 2.14. The van der Waals surface area contributed by atoms with Crippen LogP contribution in [0.25, 0.3) is 0 Å². The second kappa shape index (κ2) is 3.58. The first-order valence-corrected chi connectivity index (χ1v) is 4.22. The SMILES string of the molecule is c1nocc1OC1CCCNC1. The van der Waals surface area contributed by atoms with Crippen molar-refractivity contribution in [3.05, 3.63) is 12.5 Å². The van der Waals surface area contributed by atoms with Crippen LogP contribution in [-0.4, -0.2) is 24.4 Å². The molecule has 4 heteroatoms. The highest BCUT2D eigenvalue weighted by atomic mass is 16.5. The van der Waals surface area contributed by atoms with E-state index in [2.05, 4.69) is 15.0 Å². The van der Waals surface area contributed by atoms with Gasteiger partial charge >= 0.3 is 0 Å². The van der Waals surface area contributed by atoms with Gasteiger partial charge in [0.15, 0.2) is 12.0 Å². The molecule has 2 rings (SSSR count). The molecule has 1 aromatic rings. The van der Waals surface area contributed by atoms with E-state index in [9.17, 15) is 0 Å². The Morgan fingerprint density at radius 1 is 1.67 bits per heavy atom. The summed E-state index contributed by atoms with van der Waals surface area (Å²) in [6.45, 7) is 2.02. The smallest absolute Gasteiger partial charge is 0.179 e. The number of ether oxygens (including phenoxy) is 1. The maximum Gasteiger partial charge on any atom is 0.179 e. The first kappa shape index (κ1) is 7.61. The van der Waals surface area contributed by atoms with E-state index in [0.29, 0.717) is 0 Å². The highest BCUT2D eigenvalue weighted by molar-refractivity contribution is 5.08. The minimum atomic E-state index is 0.276. The molecule has 0 aromatic carbocycles. The van der Waals surface area contributed by atoms with Crippen LogP contribution < -0.4 is 10.1 Å². The molecular weight excluding hydrogens is 156 g/mol. The summed E-state index contributed by atoms with van der Waals surface area (Å²) in [7, 11) is 0. The number of nitrogens with one attached hydrogen (secondary N) is 1. The Kier molecular flexibility index (Phi) is 2.27. The summed E-state index contributed by atoms with van der Waals surface area (Å²) in [5.41, 5.74) is 0. The van der Waals surface area contributed by atoms with Gasteiger partial charge in [-0.25, -0.2) is 0 Å². The Labute approximate surface area is 70.9 Å². The summed E-state index contributed by atoms with van der Waals surface area (Å²) in [5, 5.41) is 6.84. The Balaban J connectivity index is 1.86. The maximum absolute atomic E-state index is 5.58. The van der Waals surface area contributed by atoms with Gasteiger partial charge in [-0.2, -0.15) is 0 Å². The molecule has 1 aliphatic heterocycles. The van der Waals surface area contributed by atoms with Crippen LogP contribution >= 0.6 is 0 Å². The van der Waals surface area contributed by atoms with Crippen molar-refractivity contribution < 1.29 is 9.26 Å². The van der Waals surface area contributed by atoms with Gasteiger partial charge in [0.05, 0.1) is 0 Å². The molecule has 0 radical (unpaired) electrons. The van der Waals surface area contributed by atoms with Crippen molar-refractivity contribution in [2.24, 2.45) is 0 Å². The third-order valence-corrected chi connectivity index (χ3v) is 1.96. The molecular formula is C8H12N2O2. The number of hydrogen-bond donors (Lipinski definition) is 1. The standard InChI is InChI=1S/C8H12N2O2/c1-2-7(4-9-3-1)12-8-5-10-11-6-8/h5-7,9H,1-4H2. The summed E-state index contributed by atoms with van der Waals surface area (Å²) < 4.78 is 10.2. The molecule has 1 aliphatic rings. The van der Waals surface area contributed by atoms with Crippen LogP contribution in [0.1, 0.15) is 12.8 Å².